The summed E-state index contributed by atoms with van der Waals surface area (Å²) in [7, 11) is 1.68. The Bertz CT molecular complexity index is 882. The van der Waals surface area contributed by atoms with Crippen LogP contribution in [-0.2, 0) is 13.0 Å². The van der Waals surface area contributed by atoms with Crippen molar-refractivity contribution in [3.05, 3.63) is 77.5 Å². The number of carbonyl (C=O) groups is 1. The first-order chi connectivity index (χ1) is 12.1. The molecular formula is C21H22N2O2. The number of primary amides is 1. The number of amides is 1. The molecule has 0 aliphatic rings. The number of hydrogen-bond donors (Lipinski definition) is 1. The maximum atomic E-state index is 11.8. The van der Waals surface area contributed by atoms with E-state index in [-0.39, 0.29) is 0 Å². The normalized spacial score (nSPS) is 10.6. The van der Waals surface area contributed by atoms with E-state index in [4.69, 9.17) is 10.5 Å². The van der Waals surface area contributed by atoms with Crippen molar-refractivity contribution >= 4 is 5.91 Å². The van der Waals surface area contributed by atoms with Crippen molar-refractivity contribution in [1.29, 1.82) is 0 Å². The van der Waals surface area contributed by atoms with Crippen LogP contribution in [-0.4, -0.2) is 17.6 Å². The number of aromatic nitrogens is 1. The molecule has 3 rings (SSSR count). The monoisotopic (exact) mass is 334 g/mol. The maximum absolute atomic E-state index is 11.8. The van der Waals surface area contributed by atoms with Crippen molar-refractivity contribution in [1.82, 2.24) is 4.57 Å². The first-order valence-electron chi connectivity index (χ1n) is 8.29. The maximum Gasteiger partial charge on any atom is 0.250 e. The topological polar surface area (TPSA) is 57.2 Å². The molecular weight excluding hydrogens is 312 g/mol. The SMILES string of the molecule is COc1ccccc1CCn1c(-c2ccccc2)cc(C(N)=O)c1C. The van der Waals surface area contributed by atoms with Crippen molar-refractivity contribution < 1.29 is 9.53 Å². The van der Waals surface area contributed by atoms with E-state index >= 15 is 0 Å². The Morgan fingerprint density at radius 1 is 1.08 bits per heavy atom. The second kappa shape index (κ2) is 7.26. The smallest absolute Gasteiger partial charge is 0.250 e. The minimum atomic E-state index is -0.397. The molecule has 1 aromatic heterocycles. The van der Waals surface area contributed by atoms with Crippen LogP contribution in [0.25, 0.3) is 11.3 Å². The predicted octanol–water partition coefficient (Wildman–Crippen LogP) is 3.81. The van der Waals surface area contributed by atoms with Gasteiger partial charge in [-0.25, -0.2) is 0 Å². The standard InChI is InChI=1S/C21H22N2O2/c1-15-18(21(22)24)14-19(16-8-4-3-5-9-16)23(15)13-12-17-10-6-7-11-20(17)25-2/h3-11,14H,12-13H2,1-2H3,(H2,22,24). The molecule has 0 bridgehead atoms. The molecule has 0 aliphatic heterocycles. The molecule has 1 heterocycles. The average molecular weight is 334 g/mol. The number of rotatable bonds is 6. The zero-order valence-corrected chi connectivity index (χ0v) is 14.5. The number of carbonyl (C=O) groups excluding carboxylic acids is 1. The number of hydrogen-bond acceptors (Lipinski definition) is 2. The molecule has 4 nitrogen and oxygen atoms in total. The summed E-state index contributed by atoms with van der Waals surface area (Å²) in [6, 6.07) is 19.9. The van der Waals surface area contributed by atoms with Crippen molar-refractivity contribution in [2.75, 3.05) is 7.11 Å². The van der Waals surface area contributed by atoms with Gasteiger partial charge in [-0.2, -0.15) is 0 Å². The molecule has 2 N–H and O–H groups in total. The van der Waals surface area contributed by atoms with E-state index in [2.05, 4.69) is 10.6 Å². The summed E-state index contributed by atoms with van der Waals surface area (Å²) in [5.41, 5.74) is 10.2. The van der Waals surface area contributed by atoms with Gasteiger partial charge in [0.2, 0.25) is 0 Å². The van der Waals surface area contributed by atoms with E-state index in [9.17, 15) is 4.79 Å². The summed E-state index contributed by atoms with van der Waals surface area (Å²) < 4.78 is 7.59. The van der Waals surface area contributed by atoms with Crippen molar-refractivity contribution in [2.45, 2.75) is 19.9 Å². The number of methoxy groups -OCH3 is 1. The van der Waals surface area contributed by atoms with Crippen molar-refractivity contribution in [2.24, 2.45) is 5.73 Å². The van der Waals surface area contributed by atoms with Crippen LogP contribution in [0.4, 0.5) is 0 Å². The number of nitrogens with zero attached hydrogens (tertiary/aromatic N) is 1. The summed E-state index contributed by atoms with van der Waals surface area (Å²) in [4.78, 5) is 11.8. The van der Waals surface area contributed by atoms with E-state index in [0.29, 0.717) is 5.56 Å². The summed E-state index contributed by atoms with van der Waals surface area (Å²) >= 11 is 0. The summed E-state index contributed by atoms with van der Waals surface area (Å²) in [6.45, 7) is 2.68. The average Bonchev–Trinajstić information content (AvgIpc) is 2.97. The summed E-state index contributed by atoms with van der Waals surface area (Å²) in [6.07, 6.45) is 0.803. The lowest BCUT2D eigenvalue weighted by atomic mass is 10.1. The van der Waals surface area contributed by atoms with Crippen LogP contribution in [0.5, 0.6) is 5.75 Å². The molecule has 3 aromatic rings. The summed E-state index contributed by atoms with van der Waals surface area (Å²) in [5, 5.41) is 0. The van der Waals surface area contributed by atoms with Gasteiger partial charge in [0, 0.05) is 17.9 Å². The van der Waals surface area contributed by atoms with Gasteiger partial charge in [0.15, 0.2) is 0 Å². The number of benzene rings is 2. The number of ether oxygens (including phenoxy) is 1. The van der Waals surface area contributed by atoms with Gasteiger partial charge in [-0.1, -0.05) is 48.5 Å². The van der Waals surface area contributed by atoms with Gasteiger partial charge in [0.25, 0.3) is 5.91 Å². The molecule has 4 heteroatoms. The molecule has 0 radical (unpaired) electrons. The molecule has 0 atom stereocenters. The van der Waals surface area contributed by atoms with Crippen LogP contribution in [0.1, 0.15) is 21.6 Å². The molecule has 1 amide bonds. The first-order valence-corrected chi connectivity index (χ1v) is 8.29. The molecule has 0 saturated carbocycles. The third-order valence-electron chi connectivity index (χ3n) is 4.50. The Morgan fingerprint density at radius 3 is 2.44 bits per heavy atom. The summed E-state index contributed by atoms with van der Waals surface area (Å²) in [5.74, 6) is 0.481. The van der Waals surface area contributed by atoms with Gasteiger partial charge in [-0.05, 0) is 36.6 Å². The van der Waals surface area contributed by atoms with E-state index < -0.39 is 5.91 Å². The fourth-order valence-corrected chi connectivity index (χ4v) is 3.17. The third kappa shape index (κ3) is 3.43. The van der Waals surface area contributed by atoms with Gasteiger partial charge >= 0.3 is 0 Å². The van der Waals surface area contributed by atoms with Crippen LogP contribution < -0.4 is 10.5 Å². The lowest BCUT2D eigenvalue weighted by Gasteiger charge is -2.14. The Balaban J connectivity index is 1.98. The third-order valence-corrected chi connectivity index (χ3v) is 4.50. The minimum absolute atomic E-state index is 0.397. The van der Waals surface area contributed by atoms with Gasteiger partial charge in [-0.3, -0.25) is 4.79 Å². The Kier molecular flexibility index (Phi) is 4.89. The van der Waals surface area contributed by atoms with Crippen molar-refractivity contribution in [3.63, 3.8) is 0 Å². The highest BCUT2D eigenvalue weighted by molar-refractivity contribution is 5.95. The zero-order valence-electron chi connectivity index (χ0n) is 14.5. The van der Waals surface area contributed by atoms with Crippen LogP contribution in [0.15, 0.2) is 60.7 Å². The van der Waals surface area contributed by atoms with Crippen molar-refractivity contribution in [3.8, 4) is 17.0 Å². The van der Waals surface area contributed by atoms with Crippen LogP contribution in [0.3, 0.4) is 0 Å². The highest BCUT2D eigenvalue weighted by atomic mass is 16.5. The van der Waals surface area contributed by atoms with E-state index in [1.165, 1.54) is 0 Å². The number of para-hydroxylation sites is 1. The fourth-order valence-electron chi connectivity index (χ4n) is 3.17. The van der Waals surface area contributed by atoms with Crippen LogP contribution in [0.2, 0.25) is 0 Å². The highest BCUT2D eigenvalue weighted by Crippen LogP contribution is 2.27. The number of nitrogens with two attached hydrogens (primary N) is 1. The molecule has 0 aliphatic carbocycles. The zero-order chi connectivity index (χ0) is 17.8. The number of aryl methyl sites for hydroxylation is 1. The second-order valence-electron chi connectivity index (χ2n) is 5.97. The van der Waals surface area contributed by atoms with Crippen LogP contribution >= 0.6 is 0 Å². The quantitative estimate of drug-likeness (QED) is 0.745. The van der Waals surface area contributed by atoms with Gasteiger partial charge < -0.3 is 15.0 Å². The first kappa shape index (κ1) is 16.8. The van der Waals surface area contributed by atoms with Gasteiger partial charge in [0.05, 0.1) is 12.7 Å². The van der Waals surface area contributed by atoms with Gasteiger partial charge in [0.1, 0.15) is 5.75 Å². The molecule has 2 aromatic carbocycles. The Labute approximate surface area is 147 Å². The Hall–Kier alpha value is -3.01. The minimum Gasteiger partial charge on any atom is -0.496 e. The Morgan fingerprint density at radius 2 is 1.76 bits per heavy atom. The molecule has 128 valence electrons. The lowest BCUT2D eigenvalue weighted by molar-refractivity contribution is 0.0999. The van der Waals surface area contributed by atoms with Gasteiger partial charge in [-0.15, -0.1) is 0 Å². The molecule has 0 unspecified atom stereocenters. The second-order valence-corrected chi connectivity index (χ2v) is 5.97. The molecule has 25 heavy (non-hydrogen) atoms. The molecule has 0 spiro atoms. The predicted molar refractivity (Wildman–Crippen MR) is 99.8 cm³/mol. The molecule has 0 fully saturated rings. The largest absolute Gasteiger partial charge is 0.496 e. The van der Waals surface area contributed by atoms with E-state index in [1.54, 1.807) is 7.11 Å². The highest BCUT2D eigenvalue weighted by Gasteiger charge is 2.17. The van der Waals surface area contributed by atoms with E-state index in [0.717, 1.165) is 41.2 Å². The molecule has 0 saturated heterocycles. The fraction of sp³-hybridized carbons (Fsp3) is 0.190. The van der Waals surface area contributed by atoms with E-state index in [1.807, 2.05) is 61.5 Å². The lowest BCUT2D eigenvalue weighted by Crippen LogP contribution is -2.13. The van der Waals surface area contributed by atoms with Crippen LogP contribution in [0, 0.1) is 6.92 Å².